The quantitative estimate of drug-likeness (QED) is 0.503. The molecule has 0 nitrogen and oxygen atoms in total. The zero-order valence-electron chi connectivity index (χ0n) is 23.1. The van der Waals surface area contributed by atoms with Gasteiger partial charge in [0.2, 0.25) is 0 Å². The second-order valence-corrected chi connectivity index (χ2v) is 25.0. The Hall–Kier alpha value is -0.617. The van der Waals surface area contributed by atoms with Gasteiger partial charge in [-0.2, -0.15) is 0 Å². The zero-order valence-corrected chi connectivity index (χ0v) is 27.0. The minimum absolute atomic E-state index is 0. The van der Waals surface area contributed by atoms with E-state index in [9.17, 15) is 0 Å². The normalized spacial score (nSPS) is 17.7. The van der Waals surface area contributed by atoms with E-state index < -0.39 is 20.3 Å². The van der Waals surface area contributed by atoms with Gasteiger partial charge in [0, 0.05) is 0 Å². The van der Waals surface area contributed by atoms with Crippen LogP contribution in [0.5, 0.6) is 0 Å². The van der Waals surface area contributed by atoms with Crippen LogP contribution in [-0.2, 0) is 31.1 Å². The molecule has 0 N–H and O–H groups in total. The molecule has 5 rings (SSSR count). The summed E-state index contributed by atoms with van der Waals surface area (Å²) < 4.78 is 5.66. The fourth-order valence-electron chi connectivity index (χ4n) is 6.37. The van der Waals surface area contributed by atoms with Gasteiger partial charge >= 0.3 is 208 Å². The van der Waals surface area contributed by atoms with E-state index in [1.807, 2.05) is 3.28 Å². The van der Waals surface area contributed by atoms with Crippen molar-refractivity contribution in [2.24, 2.45) is 5.41 Å². The molecule has 0 unspecified atom stereocenters. The molecule has 0 aromatic heterocycles. The van der Waals surface area contributed by atoms with Crippen LogP contribution in [0.25, 0.3) is 11.1 Å². The third-order valence-corrected chi connectivity index (χ3v) is 20.7. The second kappa shape index (κ2) is 9.29. The molecule has 3 heteroatoms. The molecule has 2 aromatic rings. The van der Waals surface area contributed by atoms with Crippen molar-refractivity contribution >= 4 is 0 Å². The molecule has 0 spiro atoms. The first kappa shape index (κ1) is 28.9. The van der Waals surface area contributed by atoms with Crippen LogP contribution in [0, 0.1) is 5.41 Å². The Kier molecular flexibility index (Phi) is 7.68. The molecule has 2 aromatic carbocycles. The van der Waals surface area contributed by atoms with E-state index in [0.29, 0.717) is 3.63 Å². The third kappa shape index (κ3) is 4.84. The van der Waals surface area contributed by atoms with Crippen LogP contribution in [0.2, 0.25) is 8.26 Å². The van der Waals surface area contributed by atoms with E-state index in [1.165, 1.54) is 36.9 Å². The zero-order chi connectivity index (χ0) is 24.0. The van der Waals surface area contributed by atoms with Gasteiger partial charge in [-0.05, 0) is 0 Å². The van der Waals surface area contributed by atoms with E-state index in [2.05, 4.69) is 111 Å². The molecule has 188 valence electrons. The first-order chi connectivity index (χ1) is 15.2. The van der Waals surface area contributed by atoms with Crippen LogP contribution < -0.4 is 24.8 Å². The smallest absolute Gasteiger partial charge is 1.00 e. The van der Waals surface area contributed by atoms with Gasteiger partial charge < -0.3 is 24.8 Å². The molecule has 0 bridgehead atoms. The van der Waals surface area contributed by atoms with Crippen LogP contribution in [-0.4, -0.2) is 0 Å². The van der Waals surface area contributed by atoms with Crippen LogP contribution >= 0.6 is 0 Å². The van der Waals surface area contributed by atoms with Crippen molar-refractivity contribution in [1.29, 1.82) is 0 Å². The van der Waals surface area contributed by atoms with Crippen molar-refractivity contribution in [1.82, 2.24) is 0 Å². The maximum absolute atomic E-state index is 2.62. The monoisotopic (exact) mass is 586 g/mol. The second-order valence-electron chi connectivity index (χ2n) is 13.9. The van der Waals surface area contributed by atoms with Crippen molar-refractivity contribution < 1.29 is 45.1 Å². The Morgan fingerprint density at radius 3 is 1.49 bits per heavy atom. The first-order valence-electron chi connectivity index (χ1n) is 12.9. The third-order valence-electron chi connectivity index (χ3n) is 8.43. The number of hydrogen-bond donors (Lipinski definition) is 0. The molecule has 2 aliphatic carbocycles. The average molecular weight is 589 g/mol. The van der Waals surface area contributed by atoms with Crippen molar-refractivity contribution in [2.75, 3.05) is 0 Å². The Labute approximate surface area is 231 Å². The van der Waals surface area contributed by atoms with Gasteiger partial charge in [0.1, 0.15) is 0 Å². The van der Waals surface area contributed by atoms with Gasteiger partial charge in [0.25, 0.3) is 0 Å². The Morgan fingerprint density at radius 1 is 0.657 bits per heavy atom. The fourth-order valence-corrected chi connectivity index (χ4v) is 22.5. The number of benzene rings is 2. The molecule has 35 heavy (non-hydrogen) atoms. The molecule has 0 atom stereocenters. The minimum atomic E-state index is -2.58. The average Bonchev–Trinajstić information content (AvgIpc) is 3.19. The van der Waals surface area contributed by atoms with Gasteiger partial charge in [-0.3, -0.25) is 0 Å². The molecular formula is C32H42Cl2Zr. The van der Waals surface area contributed by atoms with Crippen LogP contribution in [0.4, 0.5) is 0 Å². The van der Waals surface area contributed by atoms with Gasteiger partial charge in [-0.25, -0.2) is 0 Å². The van der Waals surface area contributed by atoms with Gasteiger partial charge in [0.15, 0.2) is 0 Å². The van der Waals surface area contributed by atoms with E-state index >= 15 is 0 Å². The van der Waals surface area contributed by atoms with E-state index in [4.69, 9.17) is 0 Å². The van der Waals surface area contributed by atoms with Crippen molar-refractivity contribution in [2.45, 2.75) is 91.4 Å². The van der Waals surface area contributed by atoms with Crippen molar-refractivity contribution in [3.8, 4) is 11.1 Å². The SMILES string of the molecule is CC(C)(C)C1=[C]([Zr+2]2([CH]3c4cc(C(C)(C)C)ccc4-c4ccc(C(C)(C)C)cc43)[CH2][CH2]2)CC=C1.[Cl-].[Cl-]. The summed E-state index contributed by atoms with van der Waals surface area (Å²) in [5, 5.41) is 0. The Balaban J connectivity index is 0.00000171. The summed E-state index contributed by atoms with van der Waals surface area (Å²) in [4.78, 5) is 0. The maximum atomic E-state index is 2.62. The standard InChI is InChI=1S/C21H25.C9H13.C2H4.2ClH.Zr/c1-20(2,3)16-7-9-18-14(12-16)11-15-13-17(21(4,5)6)8-10-19(15)18;1-9(2,3)8-6-4-5-7-8;1-2;;;/h7-13H,1-6H3;4,6H,5H2,1-3H3;1-2H2;2*1H;/q;;;;;+2/p-2. The van der Waals surface area contributed by atoms with E-state index in [1.54, 1.807) is 16.7 Å². The maximum Gasteiger partial charge on any atom is -1.00 e. The number of allylic oxidation sites excluding steroid dienone is 4. The summed E-state index contributed by atoms with van der Waals surface area (Å²) in [7, 11) is 0. The number of fused-ring (bicyclic) bond motifs is 3. The topological polar surface area (TPSA) is 0 Å². The fraction of sp³-hybridized carbons (Fsp3) is 0.500. The molecular weight excluding hydrogens is 546 g/mol. The van der Waals surface area contributed by atoms with E-state index in [-0.39, 0.29) is 41.1 Å². The minimum Gasteiger partial charge on any atom is -1.00 e. The molecule has 1 saturated heterocycles. The number of rotatable bonds is 2. The number of halogens is 2. The summed E-state index contributed by atoms with van der Waals surface area (Å²) in [5.74, 6) is 0. The molecule has 0 amide bonds. The summed E-state index contributed by atoms with van der Waals surface area (Å²) in [6, 6.07) is 14.9. The summed E-state index contributed by atoms with van der Waals surface area (Å²) in [6.45, 7) is 21.4. The molecule has 1 heterocycles. The molecule has 0 saturated carbocycles. The predicted molar refractivity (Wildman–Crippen MR) is 141 cm³/mol. The molecule has 0 radical (unpaired) electrons. The molecule has 1 aliphatic heterocycles. The van der Waals surface area contributed by atoms with Gasteiger partial charge in [0.05, 0.1) is 0 Å². The summed E-state index contributed by atoms with van der Waals surface area (Å²) >= 11 is -2.58. The van der Waals surface area contributed by atoms with Gasteiger partial charge in [-0.1, -0.05) is 0 Å². The van der Waals surface area contributed by atoms with Crippen molar-refractivity contribution in [3.63, 3.8) is 0 Å². The largest absolute Gasteiger partial charge is 1.00 e. The predicted octanol–water partition coefficient (Wildman–Crippen LogP) is 3.62. The van der Waals surface area contributed by atoms with Crippen molar-refractivity contribution in [3.05, 3.63) is 79.7 Å². The summed E-state index contributed by atoms with van der Waals surface area (Å²) in [5.41, 5.74) is 11.7. The van der Waals surface area contributed by atoms with Crippen LogP contribution in [0.15, 0.2) is 57.4 Å². The van der Waals surface area contributed by atoms with Crippen LogP contribution in [0.1, 0.15) is 94.6 Å². The molecule has 3 aliphatic rings. The van der Waals surface area contributed by atoms with Gasteiger partial charge in [-0.15, -0.1) is 0 Å². The molecule has 1 fully saturated rings. The number of hydrogen-bond acceptors (Lipinski definition) is 0. The van der Waals surface area contributed by atoms with E-state index in [0.717, 1.165) is 0 Å². The Bertz CT molecular complexity index is 1130. The summed E-state index contributed by atoms with van der Waals surface area (Å²) in [6.07, 6.45) is 6.18. The first-order valence-corrected chi connectivity index (χ1v) is 19.1. The Morgan fingerprint density at radius 2 is 1.11 bits per heavy atom. The van der Waals surface area contributed by atoms with Crippen LogP contribution in [0.3, 0.4) is 0 Å².